The Labute approximate surface area is 153 Å². The van der Waals surface area contributed by atoms with Crippen LogP contribution in [0.1, 0.15) is 30.1 Å². The Morgan fingerprint density at radius 1 is 1.22 bits per heavy atom. The number of hydrogen-bond acceptors (Lipinski definition) is 3. The average molecular weight is 362 g/mol. The van der Waals surface area contributed by atoms with Crippen LogP contribution in [0.15, 0.2) is 47.3 Å². The third-order valence-corrected chi connectivity index (χ3v) is 4.77. The van der Waals surface area contributed by atoms with Gasteiger partial charge in [0, 0.05) is 17.0 Å². The molecule has 0 atom stereocenters. The molecule has 1 fully saturated rings. The maximum atomic E-state index is 13.9. The van der Waals surface area contributed by atoms with Gasteiger partial charge in [-0.15, -0.1) is 0 Å². The van der Waals surface area contributed by atoms with Gasteiger partial charge in [-0.1, -0.05) is 18.2 Å². The monoisotopic (exact) mass is 362 g/mol. The lowest BCUT2D eigenvalue weighted by Crippen LogP contribution is -2.23. The second-order valence-electron chi connectivity index (χ2n) is 6.70. The fraction of sp³-hybridized carbons (Fsp3) is 0.190. The van der Waals surface area contributed by atoms with Crippen LogP contribution in [-0.4, -0.2) is 15.6 Å². The van der Waals surface area contributed by atoms with Crippen molar-refractivity contribution in [3.8, 4) is 17.2 Å². The van der Waals surface area contributed by atoms with Gasteiger partial charge in [0.1, 0.15) is 17.6 Å². The van der Waals surface area contributed by atoms with Crippen LogP contribution >= 0.6 is 0 Å². The van der Waals surface area contributed by atoms with Gasteiger partial charge in [0.2, 0.25) is 0 Å². The number of rotatable bonds is 4. The van der Waals surface area contributed by atoms with Crippen LogP contribution in [0.3, 0.4) is 0 Å². The molecule has 1 aliphatic carbocycles. The molecule has 1 saturated carbocycles. The van der Waals surface area contributed by atoms with E-state index in [2.05, 4.69) is 6.07 Å². The van der Waals surface area contributed by atoms with Crippen LogP contribution in [0.25, 0.3) is 21.9 Å². The molecule has 0 unspecified atom stereocenters. The van der Waals surface area contributed by atoms with Crippen molar-refractivity contribution in [2.75, 3.05) is 0 Å². The third-order valence-electron chi connectivity index (χ3n) is 4.77. The number of nitrogens with zero attached hydrogens (tertiary/aromatic N) is 2. The first kappa shape index (κ1) is 17.0. The van der Waals surface area contributed by atoms with Crippen LogP contribution in [0.4, 0.5) is 4.39 Å². The number of benzene rings is 2. The largest absolute Gasteiger partial charge is 0.481 e. The summed E-state index contributed by atoms with van der Waals surface area (Å²) in [6.07, 6.45) is 1.44. The summed E-state index contributed by atoms with van der Waals surface area (Å²) in [7, 11) is 0. The lowest BCUT2D eigenvalue weighted by Gasteiger charge is -2.16. The standard InChI is InChI=1S/C21H15FN2O3/c22-14-3-1-2-13(10-14)20-17-8-12(9-19(25)26)4-7-16(17)21(27)24(15-5-6-15)18(20)11-23/h1-4,7-8,10,15H,5-6,9H2,(H,25,26). The summed E-state index contributed by atoms with van der Waals surface area (Å²) in [5.74, 6) is -1.44. The molecule has 0 saturated heterocycles. The second-order valence-corrected chi connectivity index (χ2v) is 6.70. The molecule has 6 heteroatoms. The van der Waals surface area contributed by atoms with E-state index in [0.717, 1.165) is 12.8 Å². The predicted molar refractivity (Wildman–Crippen MR) is 97.9 cm³/mol. The van der Waals surface area contributed by atoms with E-state index in [4.69, 9.17) is 5.11 Å². The molecular weight excluding hydrogens is 347 g/mol. The number of hydrogen-bond donors (Lipinski definition) is 1. The molecule has 3 aromatic rings. The average Bonchev–Trinajstić information content (AvgIpc) is 3.45. The molecule has 27 heavy (non-hydrogen) atoms. The van der Waals surface area contributed by atoms with Crippen molar-refractivity contribution in [3.05, 3.63) is 69.9 Å². The molecular formula is C21H15FN2O3. The lowest BCUT2D eigenvalue weighted by atomic mass is 9.95. The lowest BCUT2D eigenvalue weighted by molar-refractivity contribution is -0.136. The molecule has 134 valence electrons. The third kappa shape index (κ3) is 2.97. The minimum Gasteiger partial charge on any atom is -0.481 e. The summed E-state index contributed by atoms with van der Waals surface area (Å²) in [6, 6.07) is 12.8. The van der Waals surface area contributed by atoms with Gasteiger partial charge in [-0.2, -0.15) is 5.26 Å². The number of halogens is 1. The van der Waals surface area contributed by atoms with E-state index in [1.165, 1.54) is 16.7 Å². The second kappa shape index (κ2) is 6.36. The van der Waals surface area contributed by atoms with Crippen molar-refractivity contribution in [3.63, 3.8) is 0 Å². The zero-order chi connectivity index (χ0) is 19.1. The molecule has 1 heterocycles. The Balaban J connectivity index is 2.13. The molecule has 1 aliphatic rings. The van der Waals surface area contributed by atoms with Crippen LogP contribution in [0.5, 0.6) is 0 Å². The smallest absolute Gasteiger partial charge is 0.307 e. The molecule has 0 aliphatic heterocycles. The first-order valence-electron chi connectivity index (χ1n) is 8.58. The fourth-order valence-corrected chi connectivity index (χ4v) is 3.48. The molecule has 5 nitrogen and oxygen atoms in total. The van der Waals surface area contributed by atoms with Crippen LogP contribution in [0.2, 0.25) is 0 Å². The summed E-state index contributed by atoms with van der Waals surface area (Å²) < 4.78 is 15.4. The van der Waals surface area contributed by atoms with Crippen molar-refractivity contribution >= 4 is 16.7 Å². The van der Waals surface area contributed by atoms with Gasteiger partial charge in [-0.3, -0.25) is 14.2 Å². The van der Waals surface area contributed by atoms with Gasteiger partial charge >= 0.3 is 5.97 Å². The Bertz CT molecular complexity index is 1190. The van der Waals surface area contributed by atoms with Gasteiger partial charge < -0.3 is 5.11 Å². The Hall–Kier alpha value is -3.46. The van der Waals surface area contributed by atoms with Gasteiger partial charge in [0.15, 0.2) is 0 Å². The molecule has 4 rings (SSSR count). The van der Waals surface area contributed by atoms with E-state index in [0.29, 0.717) is 27.5 Å². The highest BCUT2D eigenvalue weighted by Gasteiger charge is 2.30. The minimum absolute atomic E-state index is 0.0254. The van der Waals surface area contributed by atoms with Gasteiger partial charge in [-0.05, 0) is 53.6 Å². The topological polar surface area (TPSA) is 83.1 Å². The summed E-state index contributed by atoms with van der Waals surface area (Å²) in [5.41, 5.74) is 1.38. The van der Waals surface area contributed by atoms with E-state index in [1.807, 2.05) is 0 Å². The highest BCUT2D eigenvalue weighted by molar-refractivity contribution is 5.99. The number of pyridine rings is 1. The summed E-state index contributed by atoms with van der Waals surface area (Å²) in [4.78, 5) is 24.1. The number of fused-ring (bicyclic) bond motifs is 1. The Kier molecular flexibility index (Phi) is 4.00. The van der Waals surface area contributed by atoms with Crippen LogP contribution in [-0.2, 0) is 11.2 Å². The number of carboxylic acids is 1. The predicted octanol–water partition coefficient (Wildman–Crippen LogP) is 3.64. The van der Waals surface area contributed by atoms with Crippen molar-refractivity contribution < 1.29 is 14.3 Å². The zero-order valence-electron chi connectivity index (χ0n) is 14.3. The zero-order valence-corrected chi connectivity index (χ0v) is 14.3. The van der Waals surface area contributed by atoms with E-state index in [1.54, 1.807) is 30.3 Å². The van der Waals surface area contributed by atoms with E-state index in [-0.39, 0.29) is 23.7 Å². The molecule has 1 N–H and O–H groups in total. The van der Waals surface area contributed by atoms with Gasteiger partial charge in [0.05, 0.1) is 6.42 Å². The molecule has 0 amide bonds. The van der Waals surface area contributed by atoms with E-state index >= 15 is 0 Å². The highest BCUT2D eigenvalue weighted by Crippen LogP contribution is 2.39. The van der Waals surface area contributed by atoms with Gasteiger partial charge in [0.25, 0.3) is 5.56 Å². The molecule has 0 spiro atoms. The first-order valence-corrected chi connectivity index (χ1v) is 8.58. The van der Waals surface area contributed by atoms with Crippen LogP contribution in [0, 0.1) is 17.1 Å². The van der Waals surface area contributed by atoms with Crippen LogP contribution < -0.4 is 5.56 Å². The summed E-state index contributed by atoms with van der Waals surface area (Å²) in [5, 5.41) is 19.7. The van der Waals surface area contributed by atoms with E-state index in [9.17, 15) is 19.2 Å². The van der Waals surface area contributed by atoms with Gasteiger partial charge in [-0.25, -0.2) is 4.39 Å². The molecule has 0 bridgehead atoms. The first-order chi connectivity index (χ1) is 13.0. The maximum Gasteiger partial charge on any atom is 0.307 e. The van der Waals surface area contributed by atoms with Crippen molar-refractivity contribution in [1.29, 1.82) is 5.26 Å². The quantitative estimate of drug-likeness (QED) is 0.768. The summed E-state index contributed by atoms with van der Waals surface area (Å²) >= 11 is 0. The highest BCUT2D eigenvalue weighted by atomic mass is 19.1. The maximum absolute atomic E-state index is 13.9. The van der Waals surface area contributed by atoms with Crippen molar-refractivity contribution in [1.82, 2.24) is 4.57 Å². The Morgan fingerprint density at radius 3 is 2.63 bits per heavy atom. The fourth-order valence-electron chi connectivity index (χ4n) is 3.48. The number of carboxylic acid groups (broad SMARTS) is 1. The number of aliphatic carboxylic acids is 1. The normalized spacial score (nSPS) is 13.5. The molecule has 1 aromatic heterocycles. The molecule has 0 radical (unpaired) electrons. The SMILES string of the molecule is N#Cc1c(-c2cccc(F)c2)c2cc(CC(=O)O)ccc2c(=O)n1C1CC1. The van der Waals surface area contributed by atoms with E-state index < -0.39 is 11.8 Å². The van der Waals surface area contributed by atoms with Crippen molar-refractivity contribution in [2.45, 2.75) is 25.3 Å². The number of aromatic nitrogens is 1. The number of carbonyl (C=O) groups is 1. The number of nitriles is 1. The molecule has 2 aromatic carbocycles. The minimum atomic E-state index is -0.992. The Morgan fingerprint density at radius 2 is 2.00 bits per heavy atom. The summed E-state index contributed by atoms with van der Waals surface area (Å²) in [6.45, 7) is 0. The van der Waals surface area contributed by atoms with Crippen molar-refractivity contribution in [2.24, 2.45) is 0 Å².